The molecule has 1 heterocycles. The second-order valence-electron chi connectivity index (χ2n) is 4.59. The molecule has 23 heavy (non-hydrogen) atoms. The number of hydrogen-bond acceptors (Lipinski definition) is 7. The molecule has 126 valence electrons. The Labute approximate surface area is 137 Å². The summed E-state index contributed by atoms with van der Waals surface area (Å²) in [7, 11) is -1.55. The highest BCUT2D eigenvalue weighted by Crippen LogP contribution is 2.24. The fourth-order valence-electron chi connectivity index (χ4n) is 1.84. The summed E-state index contributed by atoms with van der Waals surface area (Å²) in [5.74, 6) is -1.55. The number of hydrogen-bond donors (Lipinski definition) is 0. The lowest BCUT2D eigenvalue weighted by molar-refractivity contribution is -0.145. The Bertz CT molecular complexity index is 734. The minimum Gasteiger partial charge on any atom is -0.463 e. The van der Waals surface area contributed by atoms with Crippen LogP contribution in [0.25, 0.3) is 0 Å². The SMILES string of the molecule is CON(C)S(=O)(=O)c1ccc(Cl)c(C(=O)O[C@H]2CCOC2=O)c1. The van der Waals surface area contributed by atoms with Gasteiger partial charge in [-0.25, -0.2) is 18.0 Å². The summed E-state index contributed by atoms with van der Waals surface area (Å²) in [6.07, 6.45) is -0.771. The molecule has 0 unspecified atom stereocenters. The van der Waals surface area contributed by atoms with Gasteiger partial charge in [0.2, 0.25) is 6.10 Å². The van der Waals surface area contributed by atoms with E-state index >= 15 is 0 Å². The molecule has 0 spiro atoms. The first kappa shape index (κ1) is 17.7. The Balaban J connectivity index is 2.30. The molecule has 0 radical (unpaired) electrons. The van der Waals surface area contributed by atoms with Crippen molar-refractivity contribution >= 4 is 33.6 Å². The van der Waals surface area contributed by atoms with E-state index in [9.17, 15) is 18.0 Å². The van der Waals surface area contributed by atoms with E-state index in [-0.39, 0.29) is 28.5 Å². The zero-order valence-corrected chi connectivity index (χ0v) is 13.9. The van der Waals surface area contributed by atoms with Gasteiger partial charge >= 0.3 is 11.9 Å². The van der Waals surface area contributed by atoms with Gasteiger partial charge in [0, 0.05) is 13.5 Å². The molecule has 0 amide bonds. The number of sulfonamides is 1. The number of carbonyl (C=O) groups excluding carboxylic acids is 2. The maximum Gasteiger partial charge on any atom is 0.347 e. The lowest BCUT2D eigenvalue weighted by Crippen LogP contribution is -2.26. The Morgan fingerprint density at radius 3 is 2.70 bits per heavy atom. The van der Waals surface area contributed by atoms with E-state index in [0.717, 1.165) is 6.07 Å². The van der Waals surface area contributed by atoms with E-state index in [1.165, 1.54) is 26.3 Å². The lowest BCUT2D eigenvalue weighted by Gasteiger charge is -2.15. The summed E-state index contributed by atoms with van der Waals surface area (Å²) in [5.41, 5.74) is -0.169. The molecular formula is C13H14ClNO7S. The van der Waals surface area contributed by atoms with Crippen molar-refractivity contribution in [1.29, 1.82) is 0 Å². The molecule has 0 saturated carbocycles. The van der Waals surface area contributed by atoms with Gasteiger partial charge in [-0.05, 0) is 18.2 Å². The van der Waals surface area contributed by atoms with Crippen LogP contribution in [0.15, 0.2) is 23.1 Å². The minimum absolute atomic E-state index is 0.000356. The van der Waals surface area contributed by atoms with Crippen molar-refractivity contribution in [2.45, 2.75) is 17.4 Å². The molecule has 1 aromatic carbocycles. The highest BCUT2D eigenvalue weighted by Gasteiger charge is 2.32. The Morgan fingerprint density at radius 2 is 2.13 bits per heavy atom. The molecular weight excluding hydrogens is 350 g/mol. The standard InChI is InChI=1S/C13H14ClNO7S/c1-15(20-2)23(18,19)8-3-4-10(14)9(7-8)12(16)22-11-5-6-21-13(11)17/h3-4,7,11H,5-6H2,1-2H3/t11-/m0/s1. The van der Waals surface area contributed by atoms with Crippen molar-refractivity contribution in [3.63, 3.8) is 0 Å². The molecule has 1 atom stereocenters. The number of cyclic esters (lactones) is 1. The van der Waals surface area contributed by atoms with Gasteiger partial charge in [-0.15, -0.1) is 0 Å². The van der Waals surface area contributed by atoms with Crippen molar-refractivity contribution < 1.29 is 32.3 Å². The minimum atomic E-state index is -3.95. The summed E-state index contributed by atoms with van der Waals surface area (Å²) >= 11 is 5.92. The number of rotatable bonds is 5. The number of benzene rings is 1. The number of nitrogens with zero attached hydrogens (tertiary/aromatic N) is 1. The molecule has 0 N–H and O–H groups in total. The van der Waals surface area contributed by atoms with E-state index in [2.05, 4.69) is 9.57 Å². The van der Waals surface area contributed by atoms with E-state index in [1.807, 2.05) is 0 Å². The molecule has 0 aliphatic carbocycles. The monoisotopic (exact) mass is 363 g/mol. The number of esters is 2. The summed E-state index contributed by atoms with van der Waals surface area (Å²) in [6, 6.07) is 3.55. The summed E-state index contributed by atoms with van der Waals surface area (Å²) in [4.78, 5) is 27.9. The molecule has 8 nitrogen and oxygen atoms in total. The van der Waals surface area contributed by atoms with Gasteiger partial charge in [0.25, 0.3) is 10.0 Å². The van der Waals surface area contributed by atoms with Crippen LogP contribution in [0, 0.1) is 0 Å². The van der Waals surface area contributed by atoms with E-state index in [1.54, 1.807) is 0 Å². The van der Waals surface area contributed by atoms with Gasteiger partial charge in [-0.3, -0.25) is 4.84 Å². The van der Waals surface area contributed by atoms with Gasteiger partial charge in [-0.1, -0.05) is 16.1 Å². The molecule has 1 aliphatic heterocycles. The van der Waals surface area contributed by atoms with Crippen LogP contribution in [0.2, 0.25) is 5.02 Å². The average Bonchev–Trinajstić information content (AvgIpc) is 2.91. The Morgan fingerprint density at radius 1 is 1.43 bits per heavy atom. The van der Waals surface area contributed by atoms with Gasteiger partial charge in [0.15, 0.2) is 0 Å². The summed E-state index contributed by atoms with van der Waals surface area (Å²) in [6.45, 7) is 0.164. The third-order valence-electron chi connectivity index (χ3n) is 3.19. The number of ether oxygens (including phenoxy) is 2. The van der Waals surface area contributed by atoms with Crippen molar-refractivity contribution in [1.82, 2.24) is 4.47 Å². The highest BCUT2D eigenvalue weighted by molar-refractivity contribution is 7.89. The van der Waals surface area contributed by atoms with Crippen LogP contribution in [-0.4, -0.2) is 51.7 Å². The van der Waals surface area contributed by atoms with Crippen LogP contribution in [-0.2, 0) is 29.1 Å². The smallest absolute Gasteiger partial charge is 0.347 e. The van der Waals surface area contributed by atoms with E-state index in [0.29, 0.717) is 4.47 Å². The van der Waals surface area contributed by atoms with E-state index in [4.69, 9.17) is 16.3 Å². The first-order valence-electron chi connectivity index (χ1n) is 6.47. The molecule has 10 heteroatoms. The fourth-order valence-corrected chi connectivity index (χ4v) is 3.04. The van der Waals surface area contributed by atoms with Crippen LogP contribution >= 0.6 is 11.6 Å². The third kappa shape index (κ3) is 3.63. The Kier molecular flexibility index (Phi) is 5.25. The highest BCUT2D eigenvalue weighted by atomic mass is 35.5. The van der Waals surface area contributed by atoms with Gasteiger partial charge < -0.3 is 9.47 Å². The first-order chi connectivity index (χ1) is 10.8. The predicted molar refractivity (Wildman–Crippen MR) is 78.2 cm³/mol. The summed E-state index contributed by atoms with van der Waals surface area (Å²) in [5, 5.41) is 0.000356. The second kappa shape index (κ2) is 6.83. The molecule has 0 bridgehead atoms. The first-order valence-corrected chi connectivity index (χ1v) is 8.29. The normalized spacial score (nSPS) is 18.1. The van der Waals surface area contributed by atoms with Crippen molar-refractivity contribution in [3.05, 3.63) is 28.8 Å². The molecule has 1 fully saturated rings. The molecule has 2 rings (SSSR count). The van der Waals surface area contributed by atoms with Crippen LogP contribution in [0.4, 0.5) is 0 Å². The van der Waals surface area contributed by atoms with Crippen LogP contribution < -0.4 is 0 Å². The van der Waals surface area contributed by atoms with Crippen molar-refractivity contribution in [2.24, 2.45) is 0 Å². The van der Waals surface area contributed by atoms with E-state index < -0.39 is 28.1 Å². The quantitative estimate of drug-likeness (QED) is 0.568. The zero-order valence-electron chi connectivity index (χ0n) is 12.3. The fraction of sp³-hybridized carbons (Fsp3) is 0.385. The topological polar surface area (TPSA) is 99.2 Å². The Hall–Kier alpha value is -1.68. The number of halogens is 1. The average molecular weight is 364 g/mol. The van der Waals surface area contributed by atoms with Crippen LogP contribution in [0.5, 0.6) is 0 Å². The largest absolute Gasteiger partial charge is 0.463 e. The predicted octanol–water partition coefficient (Wildman–Crippen LogP) is 0.994. The second-order valence-corrected chi connectivity index (χ2v) is 6.93. The third-order valence-corrected chi connectivity index (χ3v) is 5.19. The van der Waals surface area contributed by atoms with Crippen LogP contribution in [0.3, 0.4) is 0 Å². The van der Waals surface area contributed by atoms with Crippen molar-refractivity contribution in [2.75, 3.05) is 20.8 Å². The van der Waals surface area contributed by atoms with Gasteiger partial charge in [0.05, 0.1) is 29.2 Å². The number of hydroxylamine groups is 1. The molecule has 0 aromatic heterocycles. The molecule has 1 saturated heterocycles. The van der Waals surface area contributed by atoms with Gasteiger partial charge in [-0.2, -0.15) is 0 Å². The lowest BCUT2D eigenvalue weighted by atomic mass is 10.2. The number of carbonyl (C=O) groups is 2. The maximum atomic E-state index is 12.2. The van der Waals surface area contributed by atoms with Crippen LogP contribution in [0.1, 0.15) is 16.8 Å². The summed E-state index contributed by atoms with van der Waals surface area (Å²) < 4.78 is 34.7. The zero-order chi connectivity index (χ0) is 17.2. The maximum absolute atomic E-state index is 12.2. The molecule has 1 aliphatic rings. The van der Waals surface area contributed by atoms with Crippen molar-refractivity contribution in [3.8, 4) is 0 Å². The molecule has 1 aromatic rings. The van der Waals surface area contributed by atoms with Gasteiger partial charge in [0.1, 0.15) is 0 Å².